The molecule has 6 unspecified atom stereocenters. The Kier molecular flexibility index (Phi) is 32.1. The number of carbonyl (C=O) groups is 1. The monoisotopic (exact) mass is 717 g/mol. The predicted octanol–water partition coefficient (Wildman–Crippen LogP) is 8.69. The van der Waals surface area contributed by atoms with Crippen molar-refractivity contribution in [3.05, 3.63) is 0 Å². The van der Waals surface area contributed by atoms with Gasteiger partial charge in [-0.05, 0) is 12.8 Å². The maximum Gasteiger partial charge on any atom is 0.306 e. The summed E-state index contributed by atoms with van der Waals surface area (Å²) in [5, 5.41) is 40.0. The molecule has 0 bridgehead atoms. The van der Waals surface area contributed by atoms with Crippen LogP contribution in [0.1, 0.15) is 194 Å². The van der Waals surface area contributed by atoms with Crippen LogP contribution in [0.2, 0.25) is 0 Å². The summed E-state index contributed by atoms with van der Waals surface area (Å²) in [7, 11) is 0. The molecular weight excluding hydrogens is 636 g/mol. The van der Waals surface area contributed by atoms with Gasteiger partial charge in [0.1, 0.15) is 30.5 Å². The molecule has 0 aromatic carbocycles. The Hall–Kier alpha value is -0.810. The van der Waals surface area contributed by atoms with Gasteiger partial charge in [-0.1, -0.05) is 174 Å². The third-order valence-electron chi connectivity index (χ3n) is 10.0. The minimum absolute atomic E-state index is 0.106. The second-order valence-electron chi connectivity index (χ2n) is 14.8. The van der Waals surface area contributed by atoms with Crippen molar-refractivity contribution >= 4 is 5.97 Å². The molecule has 1 aliphatic rings. The molecule has 50 heavy (non-hydrogen) atoms. The van der Waals surface area contributed by atoms with E-state index < -0.39 is 43.4 Å². The quantitative estimate of drug-likeness (QED) is 0.0371. The number of ether oxygens (including phenoxy) is 4. The second kappa shape index (κ2) is 34.0. The van der Waals surface area contributed by atoms with Gasteiger partial charge >= 0.3 is 5.97 Å². The van der Waals surface area contributed by atoms with Crippen LogP contribution in [0.4, 0.5) is 0 Å². The standard InChI is InChI=1S/C41H80O9/c1-3-5-7-9-11-13-15-16-17-18-19-20-21-23-25-27-29-31-47-33-35(34-48-41-40(46)39(45)38(44)36(32-42)50-41)49-37(43)30-28-26-24-22-14-12-10-8-6-4-2/h35-36,38-42,44-46H,3-34H2,1-2H3. The van der Waals surface area contributed by atoms with Crippen LogP contribution in [0.5, 0.6) is 0 Å². The van der Waals surface area contributed by atoms with Crippen LogP contribution in [0.25, 0.3) is 0 Å². The summed E-state index contributed by atoms with van der Waals surface area (Å²) in [6.45, 7) is 4.58. The van der Waals surface area contributed by atoms with Gasteiger partial charge in [-0.2, -0.15) is 0 Å². The number of aliphatic hydroxyl groups excluding tert-OH is 4. The van der Waals surface area contributed by atoms with E-state index in [4.69, 9.17) is 18.9 Å². The van der Waals surface area contributed by atoms with E-state index in [1.807, 2.05) is 0 Å². The smallest absolute Gasteiger partial charge is 0.306 e. The average molecular weight is 717 g/mol. The molecule has 1 fully saturated rings. The average Bonchev–Trinajstić information content (AvgIpc) is 3.11. The van der Waals surface area contributed by atoms with Gasteiger partial charge in [0.05, 0.1) is 19.8 Å². The largest absolute Gasteiger partial charge is 0.457 e. The van der Waals surface area contributed by atoms with Crippen molar-refractivity contribution in [2.75, 3.05) is 26.4 Å². The van der Waals surface area contributed by atoms with Crippen LogP contribution < -0.4 is 0 Å². The Balaban J connectivity index is 2.24. The van der Waals surface area contributed by atoms with Gasteiger partial charge in [0.25, 0.3) is 0 Å². The van der Waals surface area contributed by atoms with Gasteiger partial charge in [0.2, 0.25) is 0 Å². The topological polar surface area (TPSA) is 135 Å². The number of aliphatic hydroxyl groups is 4. The molecule has 0 spiro atoms. The normalized spacial score (nSPS) is 21.4. The molecule has 1 saturated heterocycles. The van der Waals surface area contributed by atoms with Crippen LogP contribution in [0, 0.1) is 0 Å². The molecule has 6 atom stereocenters. The first-order valence-electron chi connectivity index (χ1n) is 21.1. The van der Waals surface area contributed by atoms with E-state index in [2.05, 4.69) is 13.8 Å². The summed E-state index contributed by atoms with van der Waals surface area (Å²) < 4.78 is 22.7. The van der Waals surface area contributed by atoms with E-state index in [0.29, 0.717) is 13.0 Å². The summed E-state index contributed by atoms with van der Waals surface area (Å²) >= 11 is 0. The van der Waals surface area contributed by atoms with Gasteiger partial charge in [-0.3, -0.25) is 4.79 Å². The van der Waals surface area contributed by atoms with E-state index in [9.17, 15) is 25.2 Å². The zero-order valence-corrected chi connectivity index (χ0v) is 32.4. The molecule has 9 nitrogen and oxygen atoms in total. The molecule has 0 saturated carbocycles. The first-order valence-corrected chi connectivity index (χ1v) is 21.1. The molecule has 0 amide bonds. The fraction of sp³-hybridized carbons (Fsp3) is 0.976. The SMILES string of the molecule is CCCCCCCCCCCCCCCCCCCOCC(COC1OC(CO)C(O)C(O)C1O)OC(=O)CCCCCCCCCCCC. The van der Waals surface area contributed by atoms with E-state index in [0.717, 1.165) is 32.1 Å². The zero-order chi connectivity index (χ0) is 36.5. The summed E-state index contributed by atoms with van der Waals surface area (Å²) in [4.78, 5) is 12.7. The minimum Gasteiger partial charge on any atom is -0.457 e. The maximum atomic E-state index is 12.7. The van der Waals surface area contributed by atoms with E-state index in [1.165, 1.54) is 141 Å². The van der Waals surface area contributed by atoms with Crippen molar-refractivity contribution in [3.8, 4) is 0 Å². The summed E-state index contributed by atoms with van der Waals surface area (Å²) in [5.74, 6) is -0.312. The maximum absolute atomic E-state index is 12.7. The lowest BCUT2D eigenvalue weighted by atomic mass is 9.99. The predicted molar refractivity (Wildman–Crippen MR) is 201 cm³/mol. The fourth-order valence-electron chi connectivity index (χ4n) is 6.67. The highest BCUT2D eigenvalue weighted by Gasteiger charge is 2.44. The Morgan fingerprint density at radius 1 is 0.560 bits per heavy atom. The van der Waals surface area contributed by atoms with Crippen molar-refractivity contribution < 1.29 is 44.2 Å². The Labute approximate surface area is 306 Å². The molecule has 298 valence electrons. The summed E-state index contributed by atoms with van der Waals surface area (Å²) in [5.41, 5.74) is 0. The lowest BCUT2D eigenvalue weighted by molar-refractivity contribution is -0.305. The third-order valence-corrected chi connectivity index (χ3v) is 10.0. The molecule has 1 aliphatic heterocycles. The molecule has 4 N–H and O–H groups in total. The van der Waals surface area contributed by atoms with Crippen molar-refractivity contribution in [1.29, 1.82) is 0 Å². The van der Waals surface area contributed by atoms with Gasteiger partial charge in [-0.15, -0.1) is 0 Å². The number of esters is 1. The minimum atomic E-state index is -1.53. The summed E-state index contributed by atoms with van der Waals surface area (Å²) in [6, 6.07) is 0. The lowest BCUT2D eigenvalue weighted by Gasteiger charge is -2.39. The molecule has 9 heteroatoms. The first kappa shape index (κ1) is 47.2. The third kappa shape index (κ3) is 25.2. The highest BCUT2D eigenvalue weighted by molar-refractivity contribution is 5.69. The van der Waals surface area contributed by atoms with Crippen molar-refractivity contribution in [2.24, 2.45) is 0 Å². The van der Waals surface area contributed by atoms with Crippen molar-refractivity contribution in [1.82, 2.24) is 0 Å². The molecule has 0 aliphatic carbocycles. The van der Waals surface area contributed by atoms with Gasteiger partial charge in [0.15, 0.2) is 6.29 Å². The number of rotatable bonds is 36. The molecule has 1 heterocycles. The van der Waals surface area contributed by atoms with Crippen molar-refractivity contribution in [3.63, 3.8) is 0 Å². The fourth-order valence-corrected chi connectivity index (χ4v) is 6.67. The highest BCUT2D eigenvalue weighted by atomic mass is 16.7. The van der Waals surface area contributed by atoms with Gasteiger partial charge < -0.3 is 39.4 Å². The number of hydrogen-bond acceptors (Lipinski definition) is 9. The van der Waals surface area contributed by atoms with Crippen LogP contribution in [0.3, 0.4) is 0 Å². The lowest BCUT2D eigenvalue weighted by Crippen LogP contribution is -2.59. The van der Waals surface area contributed by atoms with Crippen LogP contribution in [0.15, 0.2) is 0 Å². The van der Waals surface area contributed by atoms with Gasteiger partial charge in [-0.25, -0.2) is 0 Å². The van der Waals surface area contributed by atoms with E-state index in [-0.39, 0.29) is 19.2 Å². The van der Waals surface area contributed by atoms with Crippen molar-refractivity contribution in [2.45, 2.75) is 230 Å². The Bertz CT molecular complexity index is 737. The van der Waals surface area contributed by atoms with Gasteiger partial charge in [0, 0.05) is 13.0 Å². The number of unbranched alkanes of at least 4 members (excludes halogenated alkanes) is 25. The van der Waals surface area contributed by atoms with Crippen LogP contribution in [-0.2, 0) is 23.7 Å². The zero-order valence-electron chi connectivity index (χ0n) is 32.4. The van der Waals surface area contributed by atoms with Crippen LogP contribution in [-0.4, -0.2) is 89.6 Å². The number of hydrogen-bond donors (Lipinski definition) is 4. The molecule has 0 radical (unpaired) electrons. The molecular formula is C41H80O9. The Morgan fingerprint density at radius 2 is 0.980 bits per heavy atom. The highest BCUT2D eigenvalue weighted by Crippen LogP contribution is 2.22. The molecule has 0 aromatic heterocycles. The number of carbonyl (C=O) groups excluding carboxylic acids is 1. The molecule has 0 aromatic rings. The van der Waals surface area contributed by atoms with Crippen LogP contribution >= 0.6 is 0 Å². The van der Waals surface area contributed by atoms with E-state index >= 15 is 0 Å². The second-order valence-corrected chi connectivity index (χ2v) is 14.8. The first-order chi connectivity index (χ1) is 24.4. The molecule has 1 rings (SSSR count). The van der Waals surface area contributed by atoms with E-state index in [1.54, 1.807) is 0 Å². The summed E-state index contributed by atoms with van der Waals surface area (Å²) in [6.07, 6.45) is 27.0. The Morgan fingerprint density at radius 3 is 1.42 bits per heavy atom.